The van der Waals surface area contributed by atoms with Crippen molar-refractivity contribution in [3.8, 4) is 0 Å². The molecule has 4 nitrogen and oxygen atoms in total. The Morgan fingerprint density at radius 3 is 2.82 bits per heavy atom. The van der Waals surface area contributed by atoms with E-state index in [-0.39, 0.29) is 5.92 Å². The molecule has 1 aliphatic rings. The molecule has 0 aromatic carbocycles. The number of aromatic carboxylic acids is 1. The zero-order chi connectivity index (χ0) is 12.6. The third-order valence-corrected chi connectivity index (χ3v) is 3.21. The molecule has 0 saturated heterocycles. The molecule has 17 heavy (non-hydrogen) atoms. The Bertz CT molecular complexity index is 455. The molecule has 1 aliphatic heterocycles. The highest BCUT2D eigenvalue weighted by Crippen LogP contribution is 2.24. The van der Waals surface area contributed by atoms with Crippen LogP contribution in [0.25, 0.3) is 0 Å². The summed E-state index contributed by atoms with van der Waals surface area (Å²) in [5.74, 6) is -0.584. The Morgan fingerprint density at radius 2 is 2.24 bits per heavy atom. The van der Waals surface area contributed by atoms with Crippen molar-refractivity contribution in [1.29, 1.82) is 0 Å². The maximum absolute atomic E-state index is 11.3. The van der Waals surface area contributed by atoms with Gasteiger partial charge >= 0.3 is 5.97 Å². The molecule has 0 radical (unpaired) electrons. The second kappa shape index (κ2) is 4.45. The van der Waals surface area contributed by atoms with Crippen LogP contribution >= 0.6 is 0 Å². The molecular weight excluding hydrogens is 216 g/mol. The van der Waals surface area contributed by atoms with Crippen molar-refractivity contribution in [2.45, 2.75) is 32.7 Å². The molecule has 0 amide bonds. The molecule has 0 aliphatic carbocycles. The normalized spacial score (nSPS) is 16.0. The van der Waals surface area contributed by atoms with Crippen molar-refractivity contribution in [2.24, 2.45) is 0 Å². The molecule has 0 saturated carbocycles. The number of aromatic nitrogens is 1. The molecule has 92 valence electrons. The first-order valence-electron chi connectivity index (χ1n) is 5.93. The molecule has 1 N–H and O–H groups in total. The van der Waals surface area contributed by atoms with Crippen LogP contribution in [0, 0.1) is 0 Å². The van der Waals surface area contributed by atoms with Gasteiger partial charge in [-0.3, -0.25) is 4.98 Å². The maximum atomic E-state index is 11.3. The fourth-order valence-electron chi connectivity index (χ4n) is 2.16. The Morgan fingerprint density at radius 1 is 1.53 bits per heavy atom. The summed E-state index contributed by atoms with van der Waals surface area (Å²) in [6.07, 6.45) is 0.840. The highest BCUT2D eigenvalue weighted by atomic mass is 16.4. The molecule has 0 unspecified atom stereocenters. The van der Waals surface area contributed by atoms with Gasteiger partial charge in [-0.05, 0) is 19.0 Å². The molecule has 2 heterocycles. The molecular formula is C13H18N2O2. The second-order valence-electron chi connectivity index (χ2n) is 4.97. The lowest BCUT2D eigenvalue weighted by Crippen LogP contribution is -2.29. The fourth-order valence-corrected chi connectivity index (χ4v) is 2.16. The van der Waals surface area contributed by atoms with E-state index in [0.717, 1.165) is 29.9 Å². The molecule has 1 aromatic heterocycles. The average Bonchev–Trinajstić information content (AvgIpc) is 2.27. The summed E-state index contributed by atoms with van der Waals surface area (Å²) < 4.78 is 0. The zero-order valence-corrected chi connectivity index (χ0v) is 10.5. The quantitative estimate of drug-likeness (QED) is 0.849. The number of carboxylic acid groups (broad SMARTS) is 1. The minimum Gasteiger partial charge on any atom is -0.478 e. The first-order chi connectivity index (χ1) is 7.99. The largest absolute Gasteiger partial charge is 0.478 e. The summed E-state index contributed by atoms with van der Waals surface area (Å²) in [4.78, 5) is 18.0. The number of nitrogens with zero attached hydrogens (tertiary/aromatic N) is 2. The van der Waals surface area contributed by atoms with Gasteiger partial charge in [0.25, 0.3) is 0 Å². The van der Waals surface area contributed by atoms with E-state index in [2.05, 4.69) is 9.88 Å². The summed E-state index contributed by atoms with van der Waals surface area (Å²) in [6.45, 7) is 5.70. The molecule has 0 bridgehead atoms. The van der Waals surface area contributed by atoms with Crippen LogP contribution in [0.5, 0.6) is 0 Å². The third kappa shape index (κ3) is 2.31. The van der Waals surface area contributed by atoms with Gasteiger partial charge in [-0.25, -0.2) is 4.79 Å². The lowest BCUT2D eigenvalue weighted by Gasteiger charge is -2.26. The standard InChI is InChI=1S/C13H18N2O2/c1-8(2)12-6-9(13(16)17)10-7-15(3)5-4-11(10)14-12/h6,8H,4-5,7H2,1-3H3,(H,16,17). The number of hydrogen-bond donors (Lipinski definition) is 1. The Labute approximate surface area is 101 Å². The minimum absolute atomic E-state index is 0.262. The van der Waals surface area contributed by atoms with E-state index in [1.807, 2.05) is 20.9 Å². The summed E-state index contributed by atoms with van der Waals surface area (Å²) in [7, 11) is 2.00. The van der Waals surface area contributed by atoms with E-state index in [0.29, 0.717) is 12.1 Å². The third-order valence-electron chi connectivity index (χ3n) is 3.21. The van der Waals surface area contributed by atoms with Crippen LogP contribution in [0.15, 0.2) is 6.07 Å². The fraction of sp³-hybridized carbons (Fsp3) is 0.538. The van der Waals surface area contributed by atoms with Crippen LogP contribution in [-0.2, 0) is 13.0 Å². The number of fused-ring (bicyclic) bond motifs is 1. The predicted molar refractivity (Wildman–Crippen MR) is 65.3 cm³/mol. The number of rotatable bonds is 2. The first-order valence-corrected chi connectivity index (χ1v) is 5.93. The number of hydrogen-bond acceptors (Lipinski definition) is 3. The zero-order valence-electron chi connectivity index (χ0n) is 10.5. The van der Waals surface area contributed by atoms with Gasteiger partial charge in [0.05, 0.1) is 5.56 Å². The number of pyridine rings is 1. The minimum atomic E-state index is -0.846. The summed E-state index contributed by atoms with van der Waals surface area (Å²) in [5.41, 5.74) is 3.15. The van der Waals surface area contributed by atoms with E-state index < -0.39 is 5.97 Å². The second-order valence-corrected chi connectivity index (χ2v) is 4.97. The van der Waals surface area contributed by atoms with E-state index in [1.165, 1.54) is 0 Å². The smallest absolute Gasteiger partial charge is 0.336 e. The van der Waals surface area contributed by atoms with Gasteiger partial charge in [-0.1, -0.05) is 13.8 Å². The SMILES string of the molecule is CC(C)c1cc(C(=O)O)c2c(n1)CCN(C)C2. The van der Waals surface area contributed by atoms with Gasteiger partial charge in [0.2, 0.25) is 0 Å². The lowest BCUT2D eigenvalue weighted by molar-refractivity contribution is 0.0693. The van der Waals surface area contributed by atoms with Crippen LogP contribution < -0.4 is 0 Å². The monoisotopic (exact) mass is 234 g/mol. The summed E-state index contributed by atoms with van der Waals surface area (Å²) >= 11 is 0. The topological polar surface area (TPSA) is 53.4 Å². The van der Waals surface area contributed by atoms with Crippen LogP contribution in [-0.4, -0.2) is 34.6 Å². The molecule has 2 rings (SSSR count). The van der Waals surface area contributed by atoms with Crippen molar-refractivity contribution in [1.82, 2.24) is 9.88 Å². The van der Waals surface area contributed by atoms with Crippen LogP contribution in [0.2, 0.25) is 0 Å². The number of likely N-dealkylation sites (N-methyl/N-ethyl adjacent to an activating group) is 1. The molecule has 0 fully saturated rings. The van der Waals surface area contributed by atoms with Crippen molar-refractivity contribution < 1.29 is 9.90 Å². The van der Waals surface area contributed by atoms with E-state index in [4.69, 9.17) is 0 Å². The predicted octanol–water partition coefficient (Wildman–Crippen LogP) is 1.89. The molecule has 0 atom stereocenters. The van der Waals surface area contributed by atoms with E-state index in [1.54, 1.807) is 6.07 Å². The van der Waals surface area contributed by atoms with Gasteiger partial charge in [0.15, 0.2) is 0 Å². The lowest BCUT2D eigenvalue weighted by atomic mass is 9.97. The molecule has 4 heteroatoms. The first kappa shape index (κ1) is 12.0. The highest BCUT2D eigenvalue weighted by molar-refractivity contribution is 5.89. The Kier molecular flexibility index (Phi) is 3.15. The maximum Gasteiger partial charge on any atom is 0.336 e. The van der Waals surface area contributed by atoms with Gasteiger partial charge in [0, 0.05) is 36.5 Å². The van der Waals surface area contributed by atoms with Crippen molar-refractivity contribution in [2.75, 3.05) is 13.6 Å². The van der Waals surface area contributed by atoms with E-state index in [9.17, 15) is 9.90 Å². The Hall–Kier alpha value is -1.42. The van der Waals surface area contributed by atoms with Crippen molar-refractivity contribution in [3.63, 3.8) is 0 Å². The highest BCUT2D eigenvalue weighted by Gasteiger charge is 2.22. The Balaban J connectivity index is 2.55. The van der Waals surface area contributed by atoms with Gasteiger partial charge in [-0.2, -0.15) is 0 Å². The van der Waals surface area contributed by atoms with Gasteiger partial charge < -0.3 is 10.0 Å². The molecule has 1 aromatic rings. The van der Waals surface area contributed by atoms with Crippen LogP contribution in [0.1, 0.15) is 47.1 Å². The summed E-state index contributed by atoms with van der Waals surface area (Å²) in [6, 6.07) is 1.73. The number of carbonyl (C=O) groups is 1. The number of carboxylic acids is 1. The average molecular weight is 234 g/mol. The molecule has 0 spiro atoms. The van der Waals surface area contributed by atoms with E-state index >= 15 is 0 Å². The van der Waals surface area contributed by atoms with Gasteiger partial charge in [0.1, 0.15) is 0 Å². The summed E-state index contributed by atoms with van der Waals surface area (Å²) in [5, 5.41) is 9.29. The van der Waals surface area contributed by atoms with Crippen LogP contribution in [0.4, 0.5) is 0 Å². The van der Waals surface area contributed by atoms with Crippen molar-refractivity contribution >= 4 is 5.97 Å². The van der Waals surface area contributed by atoms with Crippen molar-refractivity contribution in [3.05, 3.63) is 28.6 Å². The van der Waals surface area contributed by atoms with Crippen LogP contribution in [0.3, 0.4) is 0 Å². The van der Waals surface area contributed by atoms with Gasteiger partial charge in [-0.15, -0.1) is 0 Å².